The van der Waals surface area contributed by atoms with Gasteiger partial charge in [-0.1, -0.05) is 6.07 Å². The van der Waals surface area contributed by atoms with E-state index in [9.17, 15) is 4.79 Å². The minimum absolute atomic E-state index is 0.198. The van der Waals surface area contributed by atoms with Gasteiger partial charge in [0.25, 0.3) is 0 Å². The lowest BCUT2D eigenvalue weighted by atomic mass is 10.0. The van der Waals surface area contributed by atoms with E-state index < -0.39 is 0 Å². The third-order valence-electron chi connectivity index (χ3n) is 5.00. The van der Waals surface area contributed by atoms with Crippen molar-refractivity contribution >= 4 is 22.5 Å². The predicted octanol–water partition coefficient (Wildman–Crippen LogP) is 1.93. The first-order valence-corrected chi connectivity index (χ1v) is 9.20. The van der Waals surface area contributed by atoms with E-state index in [0.717, 1.165) is 67.8 Å². The smallest absolute Gasteiger partial charge is 0.168 e. The number of nitrogens with zero attached hydrogens (tertiary/aromatic N) is 3. The summed E-state index contributed by atoms with van der Waals surface area (Å²) in [7, 11) is 0. The minimum Gasteiger partial charge on any atom is -0.366 e. The molecule has 1 aromatic carbocycles. The third kappa shape index (κ3) is 3.65. The van der Waals surface area contributed by atoms with E-state index in [2.05, 4.69) is 32.4 Å². The van der Waals surface area contributed by atoms with Gasteiger partial charge in [-0.2, -0.15) is 0 Å². The third-order valence-corrected chi connectivity index (χ3v) is 5.00. The highest BCUT2D eigenvalue weighted by atomic mass is 16.1. The second kappa shape index (κ2) is 7.06. The van der Waals surface area contributed by atoms with Crippen molar-refractivity contribution in [2.45, 2.75) is 25.8 Å². The van der Waals surface area contributed by atoms with E-state index in [4.69, 9.17) is 0 Å². The zero-order valence-electron chi connectivity index (χ0n) is 14.7. The lowest BCUT2D eigenvalue weighted by Crippen LogP contribution is -2.47. The fraction of sp³-hybridized carbons (Fsp3) is 0.526. The molecule has 1 aliphatic heterocycles. The number of hydrogen-bond acceptors (Lipinski definition) is 6. The molecule has 0 bridgehead atoms. The van der Waals surface area contributed by atoms with Crippen molar-refractivity contribution in [2.75, 3.05) is 38.0 Å². The van der Waals surface area contributed by atoms with Crippen LogP contribution in [0.2, 0.25) is 0 Å². The molecule has 0 radical (unpaired) electrons. The topological polar surface area (TPSA) is 70.2 Å². The van der Waals surface area contributed by atoms with Crippen molar-refractivity contribution in [1.82, 2.24) is 20.2 Å². The SMILES string of the molecule is C[C@@H](CN1CCNCC1)Nc1ncnc2c(C(=O)C3CC3)cccc12. The van der Waals surface area contributed by atoms with Gasteiger partial charge >= 0.3 is 0 Å². The lowest BCUT2D eigenvalue weighted by Gasteiger charge is -2.30. The van der Waals surface area contributed by atoms with Gasteiger partial charge in [0, 0.05) is 55.6 Å². The second-order valence-electron chi connectivity index (χ2n) is 7.16. The van der Waals surface area contributed by atoms with Crippen LogP contribution >= 0.6 is 0 Å². The van der Waals surface area contributed by atoms with Crippen LogP contribution in [-0.4, -0.2) is 59.4 Å². The van der Waals surface area contributed by atoms with Crippen molar-refractivity contribution in [3.05, 3.63) is 30.1 Å². The summed E-state index contributed by atoms with van der Waals surface area (Å²) in [4.78, 5) is 23.8. The average Bonchev–Trinajstić information content (AvgIpc) is 3.47. The predicted molar refractivity (Wildman–Crippen MR) is 99.0 cm³/mol. The molecule has 4 rings (SSSR count). The fourth-order valence-corrected chi connectivity index (χ4v) is 3.53. The highest BCUT2D eigenvalue weighted by Crippen LogP contribution is 2.34. The number of benzene rings is 1. The van der Waals surface area contributed by atoms with E-state index in [1.807, 2.05) is 18.2 Å². The largest absolute Gasteiger partial charge is 0.366 e. The molecule has 2 N–H and O–H groups in total. The number of anilines is 1. The fourth-order valence-electron chi connectivity index (χ4n) is 3.53. The van der Waals surface area contributed by atoms with Crippen LogP contribution < -0.4 is 10.6 Å². The average molecular weight is 339 g/mol. The number of ketones is 1. The number of rotatable bonds is 6. The molecule has 1 saturated carbocycles. The van der Waals surface area contributed by atoms with Gasteiger partial charge in [-0.25, -0.2) is 9.97 Å². The zero-order valence-corrected chi connectivity index (χ0v) is 14.7. The van der Waals surface area contributed by atoms with Gasteiger partial charge < -0.3 is 10.6 Å². The summed E-state index contributed by atoms with van der Waals surface area (Å²) in [6, 6.07) is 6.11. The Labute approximate surface area is 148 Å². The van der Waals surface area contributed by atoms with Crippen LogP contribution in [0.1, 0.15) is 30.1 Å². The van der Waals surface area contributed by atoms with Gasteiger partial charge in [0.1, 0.15) is 12.1 Å². The minimum atomic E-state index is 0.198. The van der Waals surface area contributed by atoms with E-state index in [-0.39, 0.29) is 17.7 Å². The number of hydrogen-bond donors (Lipinski definition) is 2. The summed E-state index contributed by atoms with van der Waals surface area (Å²) in [5.74, 6) is 1.24. The number of carbonyl (C=O) groups is 1. The number of para-hydroxylation sites is 1. The molecule has 132 valence electrons. The van der Waals surface area contributed by atoms with Gasteiger partial charge in [0.2, 0.25) is 0 Å². The van der Waals surface area contributed by atoms with Crippen LogP contribution in [-0.2, 0) is 0 Å². The Morgan fingerprint density at radius 3 is 2.88 bits per heavy atom. The van der Waals surface area contributed by atoms with E-state index in [1.165, 1.54) is 0 Å². The zero-order chi connectivity index (χ0) is 17.2. The van der Waals surface area contributed by atoms with Crippen LogP contribution in [0.4, 0.5) is 5.82 Å². The maximum atomic E-state index is 12.5. The van der Waals surface area contributed by atoms with E-state index in [1.54, 1.807) is 6.33 Å². The first kappa shape index (κ1) is 16.4. The van der Waals surface area contributed by atoms with Crippen molar-refractivity contribution < 1.29 is 4.79 Å². The van der Waals surface area contributed by atoms with Crippen molar-refractivity contribution in [3.63, 3.8) is 0 Å². The van der Waals surface area contributed by atoms with Crippen LogP contribution in [0.5, 0.6) is 0 Å². The molecule has 1 aromatic heterocycles. The summed E-state index contributed by atoms with van der Waals surface area (Å²) < 4.78 is 0. The molecule has 6 heteroatoms. The van der Waals surface area contributed by atoms with Crippen LogP contribution in [0.3, 0.4) is 0 Å². The summed E-state index contributed by atoms with van der Waals surface area (Å²) in [6.07, 6.45) is 3.58. The number of nitrogens with one attached hydrogen (secondary N) is 2. The highest BCUT2D eigenvalue weighted by molar-refractivity contribution is 6.10. The molecular formula is C19H25N5O. The Hall–Kier alpha value is -2.05. The Balaban J connectivity index is 1.55. The van der Waals surface area contributed by atoms with E-state index in [0.29, 0.717) is 0 Å². The maximum Gasteiger partial charge on any atom is 0.168 e. The molecule has 1 aliphatic carbocycles. The molecule has 2 aromatic rings. The molecule has 0 spiro atoms. The standard InChI is InChI=1S/C19H25N5O/c1-13(11-24-9-7-20-8-10-24)23-19-16-4-2-3-15(17(16)21-12-22-19)18(25)14-5-6-14/h2-4,12-14,20H,5-11H2,1H3,(H,21,22,23)/t13-/m0/s1. The number of piperazine rings is 1. The number of fused-ring (bicyclic) bond motifs is 1. The Bertz CT molecular complexity index is 767. The Morgan fingerprint density at radius 1 is 1.32 bits per heavy atom. The lowest BCUT2D eigenvalue weighted by molar-refractivity contribution is 0.0969. The number of carbonyl (C=O) groups excluding carboxylic acids is 1. The molecule has 2 fully saturated rings. The highest BCUT2D eigenvalue weighted by Gasteiger charge is 2.31. The van der Waals surface area contributed by atoms with Gasteiger partial charge in [-0.3, -0.25) is 9.69 Å². The molecule has 1 atom stereocenters. The van der Waals surface area contributed by atoms with Crippen LogP contribution in [0, 0.1) is 5.92 Å². The molecular weight excluding hydrogens is 314 g/mol. The maximum absolute atomic E-state index is 12.5. The quantitative estimate of drug-likeness (QED) is 0.784. The number of aromatic nitrogens is 2. The van der Waals surface area contributed by atoms with Crippen molar-refractivity contribution in [3.8, 4) is 0 Å². The first-order chi connectivity index (χ1) is 12.2. The summed E-state index contributed by atoms with van der Waals surface area (Å²) >= 11 is 0. The van der Waals surface area contributed by atoms with Gasteiger partial charge in [0.15, 0.2) is 5.78 Å². The normalized spacial score (nSPS) is 19.7. The molecule has 25 heavy (non-hydrogen) atoms. The second-order valence-corrected chi connectivity index (χ2v) is 7.16. The van der Waals surface area contributed by atoms with Crippen LogP contribution in [0.25, 0.3) is 10.9 Å². The number of Topliss-reactive ketones (excluding diaryl/α,β-unsaturated/α-hetero) is 1. The Morgan fingerprint density at radius 2 is 2.12 bits per heavy atom. The molecule has 2 aliphatic rings. The van der Waals surface area contributed by atoms with Crippen molar-refractivity contribution in [1.29, 1.82) is 0 Å². The van der Waals surface area contributed by atoms with Gasteiger partial charge in [-0.15, -0.1) is 0 Å². The summed E-state index contributed by atoms with van der Waals surface area (Å²) in [5, 5.41) is 7.83. The van der Waals surface area contributed by atoms with E-state index >= 15 is 0 Å². The summed E-state index contributed by atoms with van der Waals surface area (Å²) in [5.41, 5.74) is 1.51. The first-order valence-electron chi connectivity index (χ1n) is 9.20. The van der Waals surface area contributed by atoms with Crippen LogP contribution in [0.15, 0.2) is 24.5 Å². The summed E-state index contributed by atoms with van der Waals surface area (Å²) in [6.45, 7) is 7.42. The Kier molecular flexibility index (Phi) is 4.63. The van der Waals surface area contributed by atoms with Gasteiger partial charge in [-0.05, 0) is 31.9 Å². The van der Waals surface area contributed by atoms with Gasteiger partial charge in [0.05, 0.1) is 5.52 Å². The molecule has 1 saturated heterocycles. The molecule has 0 unspecified atom stereocenters. The molecule has 2 heterocycles. The van der Waals surface area contributed by atoms with Crippen molar-refractivity contribution in [2.24, 2.45) is 5.92 Å². The monoisotopic (exact) mass is 339 g/mol. The molecule has 6 nitrogen and oxygen atoms in total. The molecule has 0 amide bonds.